The van der Waals surface area contributed by atoms with E-state index in [9.17, 15) is 9.59 Å². The number of hydrogen-bond donors (Lipinski definition) is 1. The Kier molecular flexibility index (Phi) is 7.15. The number of carbonyl (C=O) groups is 2. The van der Waals surface area contributed by atoms with E-state index in [2.05, 4.69) is 10.4 Å². The molecule has 0 fully saturated rings. The third-order valence-electron chi connectivity index (χ3n) is 5.19. The number of amides is 1. The first kappa shape index (κ1) is 26.1. The van der Waals surface area contributed by atoms with Crippen LogP contribution in [0.5, 0.6) is 0 Å². The minimum atomic E-state index is -0.614. The number of rotatable bonds is 4. The smallest absolute Gasteiger partial charge is 0.435 e. The van der Waals surface area contributed by atoms with Crippen LogP contribution in [0, 0.1) is 0 Å². The van der Waals surface area contributed by atoms with Crippen molar-refractivity contribution in [3.05, 3.63) is 48.2 Å². The molecule has 2 aromatic carbocycles. The summed E-state index contributed by atoms with van der Waals surface area (Å²) in [4.78, 5) is 26.8. The molecule has 1 unspecified atom stereocenters. The number of nitrogens with zero attached hydrogens (tertiary/aromatic N) is 3. The zero-order valence-corrected chi connectivity index (χ0v) is 22.1. The monoisotopic (exact) mass is 480 g/mol. The van der Waals surface area contributed by atoms with E-state index < -0.39 is 23.4 Å². The van der Waals surface area contributed by atoms with E-state index in [0.29, 0.717) is 5.52 Å². The normalized spacial score (nSPS) is 12.8. The highest BCUT2D eigenvalue weighted by atomic mass is 16.6. The maximum absolute atomic E-state index is 12.7. The lowest BCUT2D eigenvalue weighted by Crippen LogP contribution is -2.34. The molecule has 0 aliphatic carbocycles. The molecule has 188 valence electrons. The summed E-state index contributed by atoms with van der Waals surface area (Å²) >= 11 is 0. The van der Waals surface area contributed by atoms with Crippen molar-refractivity contribution in [2.75, 3.05) is 19.0 Å². The third-order valence-corrected chi connectivity index (χ3v) is 5.19. The topological polar surface area (TPSA) is 85.7 Å². The number of aromatic nitrogens is 2. The minimum Gasteiger partial charge on any atom is -0.444 e. The highest BCUT2D eigenvalue weighted by Crippen LogP contribution is 2.37. The van der Waals surface area contributed by atoms with Crippen molar-refractivity contribution in [3.8, 4) is 11.1 Å². The average molecular weight is 481 g/mol. The van der Waals surface area contributed by atoms with Gasteiger partial charge in [-0.2, -0.15) is 9.78 Å². The van der Waals surface area contributed by atoms with Crippen LogP contribution in [-0.2, 0) is 9.47 Å². The van der Waals surface area contributed by atoms with Crippen molar-refractivity contribution in [3.63, 3.8) is 0 Å². The predicted octanol–water partition coefficient (Wildman–Crippen LogP) is 6.14. The van der Waals surface area contributed by atoms with Crippen molar-refractivity contribution in [1.82, 2.24) is 15.1 Å². The molecule has 1 heterocycles. The van der Waals surface area contributed by atoms with Crippen molar-refractivity contribution in [1.29, 1.82) is 0 Å². The molecule has 3 aromatic rings. The van der Waals surface area contributed by atoms with Gasteiger partial charge in [-0.15, -0.1) is 0 Å². The zero-order valence-electron chi connectivity index (χ0n) is 22.1. The first-order chi connectivity index (χ1) is 16.2. The second-order valence-corrected chi connectivity index (χ2v) is 10.8. The fraction of sp³-hybridized carbons (Fsp3) is 0.444. The maximum atomic E-state index is 12.7. The summed E-state index contributed by atoms with van der Waals surface area (Å²) in [7, 11) is 3.93. The van der Waals surface area contributed by atoms with Crippen molar-refractivity contribution in [2.45, 2.75) is 65.7 Å². The molecule has 0 saturated carbocycles. The molecule has 1 amide bonds. The van der Waals surface area contributed by atoms with Gasteiger partial charge in [0.05, 0.1) is 23.4 Å². The summed E-state index contributed by atoms with van der Waals surface area (Å²) in [5.74, 6) is 0. The summed E-state index contributed by atoms with van der Waals surface area (Å²) in [6.07, 6.45) is 0.733. The molecule has 1 atom stereocenters. The van der Waals surface area contributed by atoms with Gasteiger partial charge in [-0.1, -0.05) is 30.3 Å². The predicted molar refractivity (Wildman–Crippen MR) is 139 cm³/mol. The summed E-state index contributed by atoms with van der Waals surface area (Å²) in [6, 6.07) is 11.7. The number of carbonyl (C=O) groups excluding carboxylic acids is 2. The largest absolute Gasteiger partial charge is 0.444 e. The lowest BCUT2D eigenvalue weighted by molar-refractivity contribution is 0.0501. The van der Waals surface area contributed by atoms with Gasteiger partial charge in [0.25, 0.3) is 0 Å². The highest BCUT2D eigenvalue weighted by Gasteiger charge is 2.23. The van der Waals surface area contributed by atoms with Crippen LogP contribution in [-0.4, -0.2) is 47.3 Å². The Bertz CT molecular complexity index is 1210. The molecule has 1 aromatic heterocycles. The molecular formula is C27H36N4O4. The number of alkyl carbamates (subject to hydrolysis) is 1. The molecule has 35 heavy (non-hydrogen) atoms. The standard InChI is InChI=1S/C27H36N4O4/c1-17(29-24(32)34-26(2,3)4)18-10-12-19(13-11-18)20-14-15-22-21(23(20)30(8)9)16-28-31(22)25(33)35-27(5,6)7/h10-17H,1-9H3,(H,29,32). The number of anilines is 1. The highest BCUT2D eigenvalue weighted by molar-refractivity contribution is 6.02. The van der Waals surface area contributed by atoms with Gasteiger partial charge in [-0.05, 0) is 65.7 Å². The molecular weight excluding hydrogens is 444 g/mol. The molecule has 3 rings (SSSR count). The zero-order chi connectivity index (χ0) is 26.1. The van der Waals surface area contributed by atoms with Gasteiger partial charge in [0.15, 0.2) is 0 Å². The van der Waals surface area contributed by atoms with E-state index >= 15 is 0 Å². The maximum Gasteiger partial charge on any atom is 0.435 e. The van der Waals surface area contributed by atoms with Gasteiger partial charge >= 0.3 is 12.2 Å². The van der Waals surface area contributed by atoms with E-state index in [4.69, 9.17) is 9.47 Å². The molecule has 0 radical (unpaired) electrons. The van der Waals surface area contributed by atoms with E-state index in [0.717, 1.165) is 27.8 Å². The quantitative estimate of drug-likeness (QED) is 0.483. The van der Waals surface area contributed by atoms with Gasteiger partial charge < -0.3 is 19.7 Å². The summed E-state index contributed by atoms with van der Waals surface area (Å²) < 4.78 is 12.2. The van der Waals surface area contributed by atoms with Crippen LogP contribution in [0.1, 0.15) is 60.1 Å². The molecule has 0 aliphatic heterocycles. The average Bonchev–Trinajstić information content (AvgIpc) is 3.14. The fourth-order valence-electron chi connectivity index (χ4n) is 3.77. The summed E-state index contributed by atoms with van der Waals surface area (Å²) in [5, 5.41) is 8.03. The number of fused-ring (bicyclic) bond motifs is 1. The van der Waals surface area contributed by atoms with Gasteiger partial charge in [0.2, 0.25) is 0 Å². The number of benzene rings is 2. The Balaban J connectivity index is 1.91. The van der Waals surface area contributed by atoms with Gasteiger partial charge in [0, 0.05) is 25.0 Å². The molecule has 0 spiro atoms. The van der Waals surface area contributed by atoms with Crippen LogP contribution < -0.4 is 10.2 Å². The fourth-order valence-corrected chi connectivity index (χ4v) is 3.77. The van der Waals surface area contributed by atoms with Gasteiger partial charge in [0.1, 0.15) is 11.2 Å². The Hall–Kier alpha value is -3.55. The molecule has 8 nitrogen and oxygen atoms in total. The minimum absolute atomic E-state index is 0.207. The first-order valence-corrected chi connectivity index (χ1v) is 11.7. The van der Waals surface area contributed by atoms with Crippen LogP contribution in [0.4, 0.5) is 15.3 Å². The van der Waals surface area contributed by atoms with E-state index in [1.54, 1.807) is 6.20 Å². The summed E-state index contributed by atoms with van der Waals surface area (Å²) in [5.41, 5.74) is 3.44. The van der Waals surface area contributed by atoms with E-state index in [1.165, 1.54) is 4.68 Å². The van der Waals surface area contributed by atoms with Crippen LogP contribution in [0.2, 0.25) is 0 Å². The number of ether oxygens (including phenoxy) is 2. The van der Waals surface area contributed by atoms with E-state index in [-0.39, 0.29) is 6.04 Å². The van der Waals surface area contributed by atoms with Crippen molar-refractivity contribution in [2.24, 2.45) is 0 Å². The van der Waals surface area contributed by atoms with E-state index in [1.807, 2.05) is 104 Å². The number of hydrogen-bond acceptors (Lipinski definition) is 6. The SMILES string of the molecule is CC(NC(=O)OC(C)(C)C)c1ccc(-c2ccc3c(cnn3C(=O)OC(C)(C)C)c2N(C)C)cc1. The van der Waals surface area contributed by atoms with Crippen LogP contribution in [0.15, 0.2) is 42.6 Å². The van der Waals surface area contributed by atoms with Gasteiger partial charge in [-0.25, -0.2) is 9.59 Å². The summed E-state index contributed by atoms with van der Waals surface area (Å²) in [6.45, 7) is 12.9. The molecule has 0 aliphatic rings. The Morgan fingerprint density at radius 3 is 2.09 bits per heavy atom. The second kappa shape index (κ2) is 9.60. The second-order valence-electron chi connectivity index (χ2n) is 10.8. The lowest BCUT2D eigenvalue weighted by atomic mass is 9.98. The van der Waals surface area contributed by atoms with Gasteiger partial charge in [-0.3, -0.25) is 0 Å². The molecule has 0 saturated heterocycles. The number of nitrogens with one attached hydrogen (secondary N) is 1. The Labute approximate surface area is 207 Å². The van der Waals surface area contributed by atoms with Crippen LogP contribution in [0.25, 0.3) is 22.0 Å². The first-order valence-electron chi connectivity index (χ1n) is 11.7. The van der Waals surface area contributed by atoms with Crippen molar-refractivity contribution >= 4 is 28.8 Å². The molecule has 1 N–H and O–H groups in total. The third kappa shape index (κ3) is 6.32. The lowest BCUT2D eigenvalue weighted by Gasteiger charge is -2.22. The van der Waals surface area contributed by atoms with Crippen molar-refractivity contribution < 1.29 is 19.1 Å². The molecule has 8 heteroatoms. The Morgan fingerprint density at radius 1 is 0.943 bits per heavy atom. The Morgan fingerprint density at radius 2 is 1.54 bits per heavy atom. The van der Waals surface area contributed by atoms with Crippen LogP contribution >= 0.6 is 0 Å². The van der Waals surface area contributed by atoms with Crippen LogP contribution in [0.3, 0.4) is 0 Å². The molecule has 0 bridgehead atoms.